The first-order valence-corrected chi connectivity index (χ1v) is 14.1. The first-order valence-electron chi connectivity index (χ1n) is 14.1. The van der Waals surface area contributed by atoms with E-state index in [1.54, 1.807) is 12.1 Å². The van der Waals surface area contributed by atoms with Gasteiger partial charge in [0.2, 0.25) is 17.7 Å². The summed E-state index contributed by atoms with van der Waals surface area (Å²) in [6.07, 6.45) is 1.88. The number of benzene rings is 2. The van der Waals surface area contributed by atoms with Crippen molar-refractivity contribution in [2.75, 3.05) is 13.2 Å². The number of carbonyl (C=O) groups excluding carboxylic acids is 3. The summed E-state index contributed by atoms with van der Waals surface area (Å²) >= 11 is 0. The smallest absolute Gasteiger partial charge is 0.326 e. The molecule has 10 heteroatoms. The van der Waals surface area contributed by atoms with Gasteiger partial charge in [0.15, 0.2) is 0 Å². The SMILES string of the molecule is CC(C)(C)OC[C@H](NC(=O)[C@@H]1CCCN1)C(=O)N[C@H](CC(=O)N[C@@H](Cc1ccccc1)C(=O)O)Cc1ccccc1. The minimum atomic E-state index is -1.14. The Kier molecular flexibility index (Phi) is 11.9. The Morgan fingerprint density at radius 1 is 0.902 bits per heavy atom. The predicted molar refractivity (Wildman–Crippen MR) is 155 cm³/mol. The van der Waals surface area contributed by atoms with Gasteiger partial charge in [0.1, 0.15) is 12.1 Å². The van der Waals surface area contributed by atoms with Crippen LogP contribution in [0.25, 0.3) is 0 Å². The lowest BCUT2D eigenvalue weighted by Gasteiger charge is -2.27. The number of hydrogen-bond donors (Lipinski definition) is 5. The molecule has 0 saturated carbocycles. The lowest BCUT2D eigenvalue weighted by molar-refractivity contribution is -0.142. The highest BCUT2D eigenvalue weighted by atomic mass is 16.5. The first-order chi connectivity index (χ1) is 19.5. The van der Waals surface area contributed by atoms with Crippen LogP contribution in [0.4, 0.5) is 0 Å². The van der Waals surface area contributed by atoms with E-state index in [-0.39, 0.29) is 31.4 Å². The van der Waals surface area contributed by atoms with Gasteiger partial charge in [0.05, 0.1) is 18.2 Å². The quantitative estimate of drug-likeness (QED) is 0.235. The summed E-state index contributed by atoms with van der Waals surface area (Å²) in [7, 11) is 0. The summed E-state index contributed by atoms with van der Waals surface area (Å²) in [5.74, 6) is -2.40. The summed E-state index contributed by atoms with van der Waals surface area (Å²) < 4.78 is 5.85. The van der Waals surface area contributed by atoms with Crippen molar-refractivity contribution in [3.63, 3.8) is 0 Å². The van der Waals surface area contributed by atoms with Gasteiger partial charge in [0.25, 0.3) is 0 Å². The van der Waals surface area contributed by atoms with Crippen LogP contribution in [0.15, 0.2) is 60.7 Å². The number of carbonyl (C=O) groups is 4. The molecule has 1 aliphatic heterocycles. The Morgan fingerprint density at radius 3 is 2.05 bits per heavy atom. The van der Waals surface area contributed by atoms with Gasteiger partial charge in [-0.2, -0.15) is 0 Å². The van der Waals surface area contributed by atoms with Crippen molar-refractivity contribution in [2.24, 2.45) is 0 Å². The number of rotatable bonds is 14. The van der Waals surface area contributed by atoms with Crippen molar-refractivity contribution in [1.29, 1.82) is 0 Å². The van der Waals surface area contributed by atoms with Gasteiger partial charge in [-0.05, 0) is 57.7 Å². The fraction of sp³-hybridized carbons (Fsp3) is 0.484. The van der Waals surface area contributed by atoms with Crippen LogP contribution in [-0.4, -0.2) is 71.7 Å². The minimum absolute atomic E-state index is 0.0454. The van der Waals surface area contributed by atoms with E-state index in [0.29, 0.717) is 12.8 Å². The van der Waals surface area contributed by atoms with Crippen molar-refractivity contribution in [1.82, 2.24) is 21.3 Å². The van der Waals surface area contributed by atoms with Gasteiger partial charge in [-0.15, -0.1) is 0 Å². The van der Waals surface area contributed by atoms with Gasteiger partial charge in [0, 0.05) is 18.9 Å². The molecule has 3 rings (SSSR count). The molecule has 1 saturated heterocycles. The van der Waals surface area contributed by atoms with Gasteiger partial charge >= 0.3 is 5.97 Å². The normalized spacial score (nSPS) is 17.2. The fourth-order valence-corrected chi connectivity index (χ4v) is 4.60. The summed E-state index contributed by atoms with van der Waals surface area (Å²) in [5.41, 5.74) is 1.14. The Bertz CT molecular complexity index is 1150. The van der Waals surface area contributed by atoms with E-state index in [1.807, 2.05) is 69.3 Å². The van der Waals surface area contributed by atoms with E-state index < -0.39 is 41.5 Å². The van der Waals surface area contributed by atoms with Crippen molar-refractivity contribution in [3.05, 3.63) is 71.8 Å². The average molecular weight is 567 g/mol. The molecule has 10 nitrogen and oxygen atoms in total. The first kappa shape index (κ1) is 31.8. The van der Waals surface area contributed by atoms with Crippen LogP contribution >= 0.6 is 0 Å². The number of amides is 3. The molecular weight excluding hydrogens is 524 g/mol. The van der Waals surface area contributed by atoms with E-state index in [2.05, 4.69) is 21.3 Å². The molecule has 4 atom stereocenters. The molecule has 3 amide bonds. The van der Waals surface area contributed by atoms with E-state index in [4.69, 9.17) is 4.74 Å². The summed E-state index contributed by atoms with van der Waals surface area (Å²) in [5, 5.41) is 21.2. The third-order valence-electron chi connectivity index (χ3n) is 6.71. The molecule has 1 fully saturated rings. The molecular formula is C31H42N4O6. The molecule has 1 aliphatic rings. The molecule has 2 aromatic carbocycles. The highest BCUT2D eigenvalue weighted by Gasteiger charge is 2.31. The third-order valence-corrected chi connectivity index (χ3v) is 6.71. The van der Waals surface area contributed by atoms with Crippen molar-refractivity contribution >= 4 is 23.7 Å². The Balaban J connectivity index is 1.72. The second kappa shape index (κ2) is 15.3. The average Bonchev–Trinajstić information content (AvgIpc) is 3.46. The van der Waals surface area contributed by atoms with Crippen LogP contribution in [0.3, 0.4) is 0 Å². The van der Waals surface area contributed by atoms with E-state index >= 15 is 0 Å². The topological polar surface area (TPSA) is 146 Å². The lowest BCUT2D eigenvalue weighted by atomic mass is 10.0. The highest BCUT2D eigenvalue weighted by molar-refractivity contribution is 5.90. The predicted octanol–water partition coefficient (Wildman–Crippen LogP) is 1.97. The molecule has 0 unspecified atom stereocenters. The monoisotopic (exact) mass is 566 g/mol. The van der Waals surface area contributed by atoms with E-state index in [0.717, 1.165) is 24.1 Å². The van der Waals surface area contributed by atoms with Gasteiger partial charge in [-0.1, -0.05) is 60.7 Å². The Labute approximate surface area is 241 Å². The minimum Gasteiger partial charge on any atom is -0.480 e. The molecule has 41 heavy (non-hydrogen) atoms. The van der Waals surface area contributed by atoms with Crippen LogP contribution < -0.4 is 21.3 Å². The number of hydrogen-bond acceptors (Lipinski definition) is 6. The van der Waals surface area contributed by atoms with Gasteiger partial charge in [-0.25, -0.2) is 4.79 Å². The molecule has 2 aromatic rings. The van der Waals surface area contributed by atoms with Crippen LogP contribution in [0.2, 0.25) is 0 Å². The molecule has 0 spiro atoms. The van der Waals surface area contributed by atoms with Crippen LogP contribution in [0.1, 0.15) is 51.2 Å². The number of aliphatic carboxylic acids is 1. The van der Waals surface area contributed by atoms with E-state index in [1.165, 1.54) is 0 Å². The summed E-state index contributed by atoms with van der Waals surface area (Å²) in [4.78, 5) is 51.3. The summed E-state index contributed by atoms with van der Waals surface area (Å²) in [6.45, 7) is 6.27. The molecule has 0 bridgehead atoms. The van der Waals surface area contributed by atoms with Crippen molar-refractivity contribution < 1.29 is 29.0 Å². The second-order valence-corrected chi connectivity index (χ2v) is 11.4. The van der Waals surface area contributed by atoms with Crippen LogP contribution in [-0.2, 0) is 36.8 Å². The van der Waals surface area contributed by atoms with Gasteiger partial charge in [-0.3, -0.25) is 14.4 Å². The maximum Gasteiger partial charge on any atom is 0.326 e. The zero-order valence-corrected chi connectivity index (χ0v) is 24.0. The Hall–Kier alpha value is -3.76. The fourth-order valence-electron chi connectivity index (χ4n) is 4.60. The molecule has 5 N–H and O–H groups in total. The third kappa shape index (κ3) is 11.3. The molecule has 0 radical (unpaired) electrons. The molecule has 0 aliphatic carbocycles. The Morgan fingerprint density at radius 2 is 1.51 bits per heavy atom. The number of nitrogens with one attached hydrogen (secondary N) is 4. The standard InChI is InChI=1S/C31H42N4O6/c1-31(2,3)41-20-26(35-28(37)24-15-10-16-32-24)29(38)33-23(17-21-11-6-4-7-12-21)19-27(36)34-25(30(39)40)18-22-13-8-5-9-14-22/h4-9,11-14,23-26,32H,10,15-20H2,1-3H3,(H,33,38)(H,34,36)(H,35,37)(H,39,40)/t23-,24-,25-,26-/m0/s1. The van der Waals surface area contributed by atoms with Crippen LogP contribution in [0.5, 0.6) is 0 Å². The molecule has 222 valence electrons. The zero-order valence-electron chi connectivity index (χ0n) is 24.0. The van der Waals surface area contributed by atoms with Crippen molar-refractivity contribution in [2.45, 2.75) is 82.6 Å². The van der Waals surface area contributed by atoms with Gasteiger partial charge < -0.3 is 31.1 Å². The largest absolute Gasteiger partial charge is 0.480 e. The van der Waals surface area contributed by atoms with Crippen molar-refractivity contribution in [3.8, 4) is 0 Å². The number of carboxylic acid groups (broad SMARTS) is 1. The maximum absolute atomic E-state index is 13.5. The summed E-state index contributed by atoms with van der Waals surface area (Å²) in [6, 6.07) is 15.3. The maximum atomic E-state index is 13.5. The zero-order chi connectivity index (χ0) is 29.8. The van der Waals surface area contributed by atoms with Crippen LogP contribution in [0, 0.1) is 0 Å². The molecule has 0 aromatic heterocycles. The molecule has 1 heterocycles. The lowest BCUT2D eigenvalue weighted by Crippen LogP contribution is -2.56. The number of carboxylic acids is 1. The van der Waals surface area contributed by atoms with E-state index in [9.17, 15) is 24.3 Å². The highest BCUT2D eigenvalue weighted by Crippen LogP contribution is 2.12. The second-order valence-electron chi connectivity index (χ2n) is 11.4. The number of ether oxygens (including phenoxy) is 1.